The number of urea groups is 1. The van der Waals surface area contributed by atoms with Gasteiger partial charge >= 0.3 is 6.03 Å². The molecule has 1 fully saturated rings. The van der Waals surface area contributed by atoms with Gasteiger partial charge in [-0.2, -0.15) is 4.31 Å². The zero-order valence-electron chi connectivity index (χ0n) is 16.3. The van der Waals surface area contributed by atoms with E-state index in [9.17, 15) is 13.2 Å². The highest BCUT2D eigenvalue weighted by atomic mass is 32.2. The summed E-state index contributed by atoms with van der Waals surface area (Å²) in [6, 6.07) is 8.84. The van der Waals surface area contributed by atoms with E-state index in [0.29, 0.717) is 23.7 Å². The van der Waals surface area contributed by atoms with Crippen molar-refractivity contribution in [3.05, 3.63) is 46.8 Å². The second-order valence-corrected chi connectivity index (χ2v) is 10.2. The molecule has 1 aromatic heterocycles. The highest BCUT2D eigenvalue weighted by Gasteiger charge is 2.33. The number of nitrogens with one attached hydrogen (secondary N) is 2. The number of anilines is 1. The van der Waals surface area contributed by atoms with Crippen LogP contribution in [-0.4, -0.2) is 37.9 Å². The minimum absolute atomic E-state index is 0.0808. The predicted octanol–water partition coefficient (Wildman–Crippen LogP) is 4.12. The van der Waals surface area contributed by atoms with Crippen molar-refractivity contribution in [2.75, 3.05) is 18.4 Å². The van der Waals surface area contributed by atoms with E-state index in [1.54, 1.807) is 21.8 Å². The maximum Gasteiger partial charge on any atom is 0.319 e. The van der Waals surface area contributed by atoms with Gasteiger partial charge < -0.3 is 10.6 Å². The van der Waals surface area contributed by atoms with Crippen molar-refractivity contribution in [2.24, 2.45) is 0 Å². The maximum atomic E-state index is 12.9. The number of carbonyl (C=O) groups excluding carboxylic acids is 1. The van der Waals surface area contributed by atoms with E-state index in [4.69, 9.17) is 0 Å². The van der Waals surface area contributed by atoms with E-state index in [1.807, 2.05) is 32.0 Å². The van der Waals surface area contributed by atoms with Crippen molar-refractivity contribution in [3.63, 3.8) is 0 Å². The Bertz CT molecular complexity index is 911. The summed E-state index contributed by atoms with van der Waals surface area (Å²) in [4.78, 5) is 12.2. The molecule has 6 nitrogen and oxygen atoms in total. The number of amides is 2. The third kappa shape index (κ3) is 4.92. The lowest BCUT2D eigenvalue weighted by molar-refractivity contribution is 0.234. The first-order valence-electron chi connectivity index (χ1n) is 9.55. The molecule has 152 valence electrons. The van der Waals surface area contributed by atoms with Gasteiger partial charge in [-0.05, 0) is 67.8 Å². The average Bonchev–Trinajstić information content (AvgIpc) is 3.21. The van der Waals surface area contributed by atoms with Crippen LogP contribution in [0, 0.1) is 13.8 Å². The summed E-state index contributed by atoms with van der Waals surface area (Å²) in [5.41, 5.74) is 3.05. The summed E-state index contributed by atoms with van der Waals surface area (Å²) < 4.78 is 27.8. The molecule has 2 amide bonds. The molecule has 1 atom stereocenters. The van der Waals surface area contributed by atoms with Gasteiger partial charge in [-0.1, -0.05) is 18.6 Å². The minimum Gasteiger partial charge on any atom is -0.338 e. The van der Waals surface area contributed by atoms with Crippen LogP contribution in [0.2, 0.25) is 0 Å². The van der Waals surface area contributed by atoms with Gasteiger partial charge in [0.1, 0.15) is 4.21 Å². The second kappa shape index (κ2) is 9.07. The Balaban J connectivity index is 1.55. The zero-order valence-corrected chi connectivity index (χ0v) is 17.9. The molecule has 1 saturated heterocycles. The van der Waals surface area contributed by atoms with Gasteiger partial charge in [0.05, 0.1) is 0 Å². The fourth-order valence-electron chi connectivity index (χ4n) is 3.45. The SMILES string of the molecule is Cc1ccc(NC(=O)NCCC2CCCCN2S(=O)(=O)c2cccs2)cc1C. The van der Waals surface area contributed by atoms with E-state index < -0.39 is 10.0 Å². The number of thiophene rings is 1. The fraction of sp³-hybridized carbons (Fsp3) is 0.450. The largest absolute Gasteiger partial charge is 0.338 e. The third-order valence-corrected chi connectivity index (χ3v) is 8.48. The van der Waals surface area contributed by atoms with E-state index in [1.165, 1.54) is 16.9 Å². The number of hydrogen-bond acceptors (Lipinski definition) is 4. The van der Waals surface area contributed by atoms with Gasteiger partial charge in [0, 0.05) is 24.8 Å². The number of nitrogens with zero attached hydrogens (tertiary/aromatic N) is 1. The number of hydrogen-bond donors (Lipinski definition) is 2. The fourth-order valence-corrected chi connectivity index (χ4v) is 6.29. The van der Waals surface area contributed by atoms with Crippen LogP contribution >= 0.6 is 11.3 Å². The van der Waals surface area contributed by atoms with Crippen LogP contribution in [0.15, 0.2) is 39.9 Å². The van der Waals surface area contributed by atoms with E-state index in [0.717, 1.165) is 30.5 Å². The molecule has 2 N–H and O–H groups in total. The Labute approximate surface area is 171 Å². The molecular weight excluding hydrogens is 394 g/mol. The summed E-state index contributed by atoms with van der Waals surface area (Å²) in [7, 11) is -3.45. The van der Waals surface area contributed by atoms with Gasteiger partial charge in [0.25, 0.3) is 10.0 Å². The van der Waals surface area contributed by atoms with Crippen molar-refractivity contribution in [3.8, 4) is 0 Å². The minimum atomic E-state index is -3.45. The molecule has 0 bridgehead atoms. The molecule has 1 aromatic carbocycles. The molecule has 0 aliphatic carbocycles. The van der Waals surface area contributed by atoms with Gasteiger partial charge in [0.15, 0.2) is 0 Å². The maximum absolute atomic E-state index is 12.9. The first-order chi connectivity index (χ1) is 13.4. The number of rotatable bonds is 6. The Morgan fingerprint density at radius 1 is 1.21 bits per heavy atom. The highest BCUT2D eigenvalue weighted by Crippen LogP contribution is 2.29. The molecule has 28 heavy (non-hydrogen) atoms. The summed E-state index contributed by atoms with van der Waals surface area (Å²) in [5, 5.41) is 7.46. The van der Waals surface area contributed by atoms with Crippen LogP contribution in [-0.2, 0) is 10.0 Å². The topological polar surface area (TPSA) is 78.5 Å². The number of carbonyl (C=O) groups is 1. The monoisotopic (exact) mass is 421 g/mol. The van der Waals surface area contributed by atoms with Crippen LogP contribution in [0.4, 0.5) is 10.5 Å². The highest BCUT2D eigenvalue weighted by molar-refractivity contribution is 7.91. The van der Waals surface area contributed by atoms with Gasteiger partial charge in [-0.25, -0.2) is 13.2 Å². The van der Waals surface area contributed by atoms with Crippen molar-refractivity contribution >= 4 is 33.1 Å². The number of sulfonamides is 1. The number of piperidine rings is 1. The molecule has 2 aromatic rings. The molecule has 2 heterocycles. The summed E-state index contributed by atoms with van der Waals surface area (Å²) >= 11 is 1.25. The smallest absolute Gasteiger partial charge is 0.319 e. The first-order valence-corrected chi connectivity index (χ1v) is 11.9. The molecule has 0 radical (unpaired) electrons. The van der Waals surface area contributed by atoms with E-state index in [2.05, 4.69) is 10.6 Å². The Kier molecular flexibility index (Phi) is 6.74. The lowest BCUT2D eigenvalue weighted by atomic mass is 10.0. The summed E-state index contributed by atoms with van der Waals surface area (Å²) in [6.07, 6.45) is 3.31. The lowest BCUT2D eigenvalue weighted by Crippen LogP contribution is -2.45. The number of aryl methyl sites for hydroxylation is 2. The Morgan fingerprint density at radius 2 is 2.04 bits per heavy atom. The van der Waals surface area contributed by atoms with Crippen LogP contribution in [0.25, 0.3) is 0 Å². The standard InChI is InChI=1S/C20H27N3O3S2/c1-15-8-9-17(14-16(15)2)22-20(24)21-11-10-18-6-3-4-12-23(18)28(25,26)19-7-5-13-27-19/h5,7-9,13-14,18H,3-4,6,10-12H2,1-2H3,(H2,21,22,24). The van der Waals surface area contributed by atoms with Crippen molar-refractivity contribution in [1.82, 2.24) is 9.62 Å². The van der Waals surface area contributed by atoms with Gasteiger partial charge in [-0.15, -0.1) is 11.3 Å². The number of benzene rings is 1. The first kappa shape index (κ1) is 20.8. The van der Waals surface area contributed by atoms with Gasteiger partial charge in [0.2, 0.25) is 0 Å². The second-order valence-electron chi connectivity index (χ2n) is 7.17. The van der Waals surface area contributed by atoms with E-state index >= 15 is 0 Å². The third-order valence-electron chi connectivity index (χ3n) is 5.16. The summed E-state index contributed by atoms with van der Waals surface area (Å²) in [5.74, 6) is 0. The molecule has 0 spiro atoms. The van der Waals surface area contributed by atoms with E-state index in [-0.39, 0.29) is 12.1 Å². The molecule has 3 rings (SSSR count). The molecule has 1 aliphatic rings. The predicted molar refractivity (Wildman–Crippen MR) is 113 cm³/mol. The normalized spacial score (nSPS) is 18.0. The quantitative estimate of drug-likeness (QED) is 0.736. The van der Waals surface area contributed by atoms with Crippen LogP contribution < -0.4 is 10.6 Å². The Hall–Kier alpha value is -1.90. The molecule has 1 aliphatic heterocycles. The average molecular weight is 422 g/mol. The molecule has 0 saturated carbocycles. The summed E-state index contributed by atoms with van der Waals surface area (Å²) in [6.45, 7) is 5.00. The van der Waals surface area contributed by atoms with Crippen molar-refractivity contribution in [2.45, 2.75) is 49.8 Å². The van der Waals surface area contributed by atoms with Crippen LogP contribution in [0.3, 0.4) is 0 Å². The van der Waals surface area contributed by atoms with Crippen molar-refractivity contribution < 1.29 is 13.2 Å². The Morgan fingerprint density at radius 3 is 2.75 bits per heavy atom. The van der Waals surface area contributed by atoms with Crippen LogP contribution in [0.1, 0.15) is 36.8 Å². The zero-order chi connectivity index (χ0) is 20.1. The molecule has 8 heteroatoms. The molecule has 1 unspecified atom stereocenters. The van der Waals surface area contributed by atoms with Crippen LogP contribution in [0.5, 0.6) is 0 Å². The molecular formula is C20H27N3O3S2. The van der Waals surface area contributed by atoms with Crippen molar-refractivity contribution in [1.29, 1.82) is 0 Å². The van der Waals surface area contributed by atoms with Gasteiger partial charge in [-0.3, -0.25) is 0 Å². The lowest BCUT2D eigenvalue weighted by Gasteiger charge is -2.34.